The van der Waals surface area contributed by atoms with Gasteiger partial charge in [-0.1, -0.05) is 18.2 Å². The summed E-state index contributed by atoms with van der Waals surface area (Å²) in [5.74, 6) is -1.19. The average molecular weight is 235 g/mol. The first-order chi connectivity index (χ1) is 7.92. The number of carboxylic acids is 1. The van der Waals surface area contributed by atoms with E-state index in [-0.39, 0.29) is 12.6 Å². The van der Waals surface area contributed by atoms with Gasteiger partial charge >= 0.3 is 5.97 Å². The monoisotopic (exact) mass is 235 g/mol. The van der Waals surface area contributed by atoms with Crippen molar-refractivity contribution >= 4 is 11.7 Å². The fourth-order valence-electron chi connectivity index (χ4n) is 2.27. The van der Waals surface area contributed by atoms with Gasteiger partial charge in [0.25, 0.3) is 0 Å². The van der Waals surface area contributed by atoms with Crippen molar-refractivity contribution in [3.05, 3.63) is 29.8 Å². The topological polar surface area (TPSA) is 60.8 Å². The number of para-hydroxylation sites is 1. The van der Waals surface area contributed by atoms with Crippen molar-refractivity contribution in [2.75, 3.05) is 11.4 Å². The normalized spacial score (nSPS) is 22.1. The van der Waals surface area contributed by atoms with E-state index in [1.165, 1.54) is 12.5 Å². The zero-order valence-electron chi connectivity index (χ0n) is 10.1. The lowest BCUT2D eigenvalue weighted by Crippen LogP contribution is -2.48. The second-order valence-electron chi connectivity index (χ2n) is 4.89. The summed E-state index contributed by atoms with van der Waals surface area (Å²) in [5, 5.41) is 18.8. The highest BCUT2D eigenvalue weighted by molar-refractivity contribution is 5.78. The summed E-state index contributed by atoms with van der Waals surface area (Å²) in [6.07, 6.45) is 0.895. The number of aliphatic hydroxyl groups is 1. The second-order valence-corrected chi connectivity index (χ2v) is 4.89. The van der Waals surface area contributed by atoms with Gasteiger partial charge in [0.1, 0.15) is 0 Å². The van der Waals surface area contributed by atoms with Crippen LogP contribution in [0.3, 0.4) is 0 Å². The van der Waals surface area contributed by atoms with E-state index in [9.17, 15) is 9.90 Å². The molecule has 1 aliphatic rings. The molecule has 0 fully saturated rings. The lowest BCUT2D eigenvalue weighted by Gasteiger charge is -2.30. The van der Waals surface area contributed by atoms with Gasteiger partial charge in [-0.05, 0) is 31.9 Å². The van der Waals surface area contributed by atoms with Crippen LogP contribution in [-0.2, 0) is 11.2 Å². The molecule has 0 radical (unpaired) electrons. The minimum Gasteiger partial charge on any atom is -0.479 e. The molecule has 1 heterocycles. The Balaban J connectivity index is 2.26. The number of carbonyl (C=O) groups is 1. The number of carboxylic acid groups (broad SMARTS) is 1. The number of aliphatic carboxylic acids is 1. The maximum Gasteiger partial charge on any atom is 0.337 e. The van der Waals surface area contributed by atoms with Crippen LogP contribution in [0.2, 0.25) is 0 Å². The highest BCUT2D eigenvalue weighted by Gasteiger charge is 2.36. The van der Waals surface area contributed by atoms with E-state index in [1.807, 2.05) is 36.1 Å². The first kappa shape index (κ1) is 11.9. The number of hydrogen-bond donors (Lipinski definition) is 2. The van der Waals surface area contributed by atoms with Crippen LogP contribution in [0.15, 0.2) is 24.3 Å². The highest BCUT2D eigenvalue weighted by atomic mass is 16.4. The minimum absolute atomic E-state index is 0.112. The van der Waals surface area contributed by atoms with Crippen LogP contribution in [0.4, 0.5) is 5.69 Å². The maximum atomic E-state index is 11.0. The highest BCUT2D eigenvalue weighted by Crippen LogP contribution is 2.32. The third-order valence-electron chi connectivity index (χ3n) is 3.29. The van der Waals surface area contributed by atoms with Gasteiger partial charge in [0, 0.05) is 11.7 Å². The molecule has 2 unspecified atom stereocenters. The van der Waals surface area contributed by atoms with Gasteiger partial charge in [-0.15, -0.1) is 0 Å². The molecule has 2 atom stereocenters. The molecule has 1 aromatic carbocycles. The SMILES string of the molecule is CC1Cc2ccccc2N1CC(C)(O)C(=O)O. The van der Waals surface area contributed by atoms with Gasteiger partial charge in [0.2, 0.25) is 0 Å². The van der Waals surface area contributed by atoms with Crippen LogP contribution in [0.1, 0.15) is 19.4 Å². The van der Waals surface area contributed by atoms with Crippen LogP contribution in [0.5, 0.6) is 0 Å². The van der Waals surface area contributed by atoms with E-state index < -0.39 is 11.6 Å². The predicted octanol–water partition coefficient (Wildman–Crippen LogP) is 1.27. The molecule has 2 N–H and O–H groups in total. The third-order valence-corrected chi connectivity index (χ3v) is 3.29. The van der Waals surface area contributed by atoms with Crippen molar-refractivity contribution in [2.45, 2.75) is 31.9 Å². The minimum atomic E-state index is -1.72. The maximum absolute atomic E-state index is 11.0. The van der Waals surface area contributed by atoms with E-state index >= 15 is 0 Å². The molecule has 0 aliphatic carbocycles. The Hall–Kier alpha value is -1.55. The molecule has 4 heteroatoms. The quantitative estimate of drug-likeness (QED) is 0.828. The first-order valence-electron chi connectivity index (χ1n) is 5.72. The van der Waals surface area contributed by atoms with E-state index in [4.69, 9.17) is 5.11 Å². The number of nitrogens with zero attached hydrogens (tertiary/aromatic N) is 1. The summed E-state index contributed by atoms with van der Waals surface area (Å²) in [6, 6.07) is 8.14. The van der Waals surface area contributed by atoms with Crippen molar-refractivity contribution in [1.29, 1.82) is 0 Å². The number of β-amino-alcohol motifs (C(OH)–C–C–N with tert-alkyl or cyclic N) is 1. The van der Waals surface area contributed by atoms with Gasteiger partial charge in [0.15, 0.2) is 5.60 Å². The molecule has 0 amide bonds. The van der Waals surface area contributed by atoms with Gasteiger partial charge in [-0.25, -0.2) is 4.79 Å². The Labute approximate surface area is 100 Å². The van der Waals surface area contributed by atoms with Crippen molar-refractivity contribution in [3.63, 3.8) is 0 Å². The summed E-state index contributed by atoms with van der Waals surface area (Å²) >= 11 is 0. The van der Waals surface area contributed by atoms with Crippen LogP contribution in [-0.4, -0.2) is 34.4 Å². The standard InChI is InChI=1S/C13H17NO3/c1-9-7-10-5-3-4-6-11(10)14(9)8-13(2,17)12(15)16/h3-6,9,17H,7-8H2,1-2H3,(H,15,16). The lowest BCUT2D eigenvalue weighted by molar-refractivity contribution is -0.155. The molecule has 0 saturated heterocycles. The number of hydrogen-bond acceptors (Lipinski definition) is 3. The molecule has 0 spiro atoms. The molecular formula is C13H17NO3. The van der Waals surface area contributed by atoms with Crippen molar-refractivity contribution in [1.82, 2.24) is 0 Å². The number of fused-ring (bicyclic) bond motifs is 1. The molecule has 0 saturated carbocycles. The smallest absolute Gasteiger partial charge is 0.337 e. The number of anilines is 1. The Morgan fingerprint density at radius 3 is 2.82 bits per heavy atom. The van der Waals surface area contributed by atoms with Crippen LogP contribution in [0.25, 0.3) is 0 Å². The lowest BCUT2D eigenvalue weighted by atomic mass is 10.1. The van der Waals surface area contributed by atoms with Gasteiger partial charge in [-0.2, -0.15) is 0 Å². The van der Waals surface area contributed by atoms with Crippen molar-refractivity contribution in [2.24, 2.45) is 0 Å². The fourth-order valence-corrected chi connectivity index (χ4v) is 2.27. The molecular weight excluding hydrogens is 218 g/mol. The molecule has 0 bridgehead atoms. The van der Waals surface area contributed by atoms with E-state index in [2.05, 4.69) is 0 Å². The number of rotatable bonds is 3. The van der Waals surface area contributed by atoms with Crippen molar-refractivity contribution in [3.8, 4) is 0 Å². The zero-order chi connectivity index (χ0) is 12.6. The van der Waals surface area contributed by atoms with Gasteiger partial charge in [-0.3, -0.25) is 0 Å². The van der Waals surface area contributed by atoms with Crippen LogP contribution < -0.4 is 4.90 Å². The van der Waals surface area contributed by atoms with Crippen LogP contribution in [0, 0.1) is 0 Å². The summed E-state index contributed by atoms with van der Waals surface area (Å²) in [6.45, 7) is 3.49. The fraction of sp³-hybridized carbons (Fsp3) is 0.462. The summed E-state index contributed by atoms with van der Waals surface area (Å²) < 4.78 is 0. The van der Waals surface area contributed by atoms with E-state index in [1.54, 1.807) is 0 Å². The molecule has 1 aromatic rings. The first-order valence-corrected chi connectivity index (χ1v) is 5.72. The number of benzene rings is 1. The van der Waals surface area contributed by atoms with Gasteiger partial charge in [0.05, 0.1) is 6.54 Å². The summed E-state index contributed by atoms with van der Waals surface area (Å²) in [7, 11) is 0. The van der Waals surface area contributed by atoms with E-state index in [0.717, 1.165) is 12.1 Å². The Morgan fingerprint density at radius 1 is 1.53 bits per heavy atom. The molecule has 17 heavy (non-hydrogen) atoms. The zero-order valence-corrected chi connectivity index (χ0v) is 10.1. The average Bonchev–Trinajstić information content (AvgIpc) is 2.55. The van der Waals surface area contributed by atoms with Crippen molar-refractivity contribution < 1.29 is 15.0 Å². The molecule has 2 rings (SSSR count). The Kier molecular flexibility index (Phi) is 2.83. The van der Waals surface area contributed by atoms with Gasteiger partial charge < -0.3 is 15.1 Å². The largest absolute Gasteiger partial charge is 0.479 e. The Morgan fingerprint density at radius 2 is 2.18 bits per heavy atom. The molecule has 1 aliphatic heterocycles. The predicted molar refractivity (Wildman–Crippen MR) is 65.2 cm³/mol. The Bertz CT molecular complexity index is 442. The van der Waals surface area contributed by atoms with E-state index in [0.29, 0.717) is 0 Å². The molecule has 4 nitrogen and oxygen atoms in total. The summed E-state index contributed by atoms with van der Waals surface area (Å²) in [5.41, 5.74) is 0.522. The van der Waals surface area contributed by atoms with Crippen LogP contribution >= 0.6 is 0 Å². The molecule has 0 aromatic heterocycles. The molecule has 92 valence electrons. The summed E-state index contributed by atoms with van der Waals surface area (Å²) in [4.78, 5) is 12.9. The third kappa shape index (κ3) is 2.13. The second kappa shape index (κ2) is 4.04.